The minimum absolute atomic E-state index is 0. The number of likely N-dealkylation sites (tertiary alicyclic amines) is 1. The predicted octanol–water partition coefficient (Wildman–Crippen LogP) is 3.12. The molecule has 1 atom stereocenters. The van der Waals surface area contributed by atoms with Crippen LogP contribution in [0.25, 0.3) is 0 Å². The topological polar surface area (TPSA) is 88.5 Å². The number of nitrogens with zero attached hydrogens (tertiary/aromatic N) is 4. The number of aromatic nitrogens is 2. The van der Waals surface area contributed by atoms with E-state index in [1.165, 1.54) is 19.3 Å². The van der Waals surface area contributed by atoms with Crippen molar-refractivity contribution in [2.75, 3.05) is 25.0 Å². The Morgan fingerprint density at radius 1 is 1.17 bits per heavy atom. The van der Waals surface area contributed by atoms with Crippen LogP contribution in [0.5, 0.6) is 0 Å². The Hall–Kier alpha value is -2.10. The molecule has 156 valence electrons. The summed E-state index contributed by atoms with van der Waals surface area (Å²) in [5.41, 5.74) is 8.06. The van der Waals surface area contributed by atoms with Crippen LogP contribution in [0.4, 0.5) is 5.69 Å². The molecule has 1 amide bonds. The number of para-hydroxylation sites is 1. The molecule has 1 aromatic heterocycles. The molecule has 7 nitrogen and oxygen atoms in total. The highest BCUT2D eigenvalue weighted by Gasteiger charge is 2.24. The van der Waals surface area contributed by atoms with Gasteiger partial charge < -0.3 is 16.0 Å². The summed E-state index contributed by atoms with van der Waals surface area (Å²) in [6.45, 7) is 3.63. The number of carbonyl (C=O) groups is 1. The van der Waals surface area contributed by atoms with Gasteiger partial charge in [0.15, 0.2) is 5.96 Å². The fourth-order valence-electron chi connectivity index (χ4n) is 4.05. The second-order valence-corrected chi connectivity index (χ2v) is 7.65. The molecule has 0 spiro atoms. The number of hydrogen-bond donors (Lipinski definition) is 2. The molecule has 8 heteroatoms. The van der Waals surface area contributed by atoms with Crippen LogP contribution in [0, 0.1) is 5.92 Å². The second kappa shape index (κ2) is 10.1. The lowest BCUT2D eigenvalue weighted by Gasteiger charge is -2.31. The maximum Gasteiger partial charge on any atom is 0.252 e. The molecule has 3 heterocycles. The van der Waals surface area contributed by atoms with E-state index in [0.29, 0.717) is 11.5 Å². The number of nitrogens with two attached hydrogens (primary N) is 1. The number of carbonyl (C=O) groups excluding carboxylic acids is 1. The van der Waals surface area contributed by atoms with Crippen LogP contribution >= 0.6 is 24.0 Å². The van der Waals surface area contributed by atoms with Gasteiger partial charge in [-0.05, 0) is 50.2 Å². The van der Waals surface area contributed by atoms with Gasteiger partial charge in [0, 0.05) is 31.9 Å². The van der Waals surface area contributed by atoms with Crippen LogP contribution in [0.15, 0.2) is 41.5 Å². The van der Waals surface area contributed by atoms with Crippen molar-refractivity contribution in [1.29, 1.82) is 0 Å². The number of halogens is 1. The van der Waals surface area contributed by atoms with E-state index in [-0.39, 0.29) is 24.0 Å². The van der Waals surface area contributed by atoms with Crippen LogP contribution in [-0.2, 0) is 13.0 Å². The maximum absolute atomic E-state index is 11.6. The lowest BCUT2D eigenvalue weighted by atomic mass is 9.94. The molecule has 1 fully saturated rings. The first-order valence-corrected chi connectivity index (χ1v) is 10.2. The molecule has 2 aromatic rings. The minimum atomic E-state index is -0.398. The number of rotatable bonds is 4. The van der Waals surface area contributed by atoms with Crippen molar-refractivity contribution in [3.63, 3.8) is 0 Å². The van der Waals surface area contributed by atoms with Gasteiger partial charge in [-0.1, -0.05) is 18.2 Å². The molecule has 0 aliphatic carbocycles. The van der Waals surface area contributed by atoms with Crippen LogP contribution in [0.2, 0.25) is 0 Å². The summed E-state index contributed by atoms with van der Waals surface area (Å²) in [4.78, 5) is 19.0. The Kier molecular flexibility index (Phi) is 7.51. The van der Waals surface area contributed by atoms with Gasteiger partial charge in [0.05, 0.1) is 17.5 Å². The first-order chi connectivity index (χ1) is 13.7. The van der Waals surface area contributed by atoms with Crippen LogP contribution in [0.1, 0.15) is 41.7 Å². The molecule has 4 rings (SSSR count). The van der Waals surface area contributed by atoms with E-state index in [1.807, 2.05) is 22.9 Å². The zero-order chi connectivity index (χ0) is 19.3. The molecule has 3 N–H and O–H groups in total. The van der Waals surface area contributed by atoms with Crippen LogP contribution < -0.4 is 11.1 Å². The van der Waals surface area contributed by atoms with Gasteiger partial charge in [0.2, 0.25) is 0 Å². The Morgan fingerprint density at radius 2 is 1.93 bits per heavy atom. The van der Waals surface area contributed by atoms with E-state index >= 15 is 0 Å². The van der Waals surface area contributed by atoms with Crippen molar-refractivity contribution >= 4 is 41.5 Å². The highest BCUT2D eigenvalue weighted by atomic mass is 127. The fourth-order valence-corrected chi connectivity index (χ4v) is 4.05. The quantitative estimate of drug-likeness (QED) is 0.378. The normalized spacial score (nSPS) is 19.2. The molecule has 1 saturated heterocycles. The number of anilines is 1. The van der Waals surface area contributed by atoms with Gasteiger partial charge >= 0.3 is 0 Å². The molecule has 1 unspecified atom stereocenters. The number of piperidine rings is 1. The standard InChI is InChI=1S/C21H28N6O.HI/c22-20(28)18-15-24-27-12-9-16(13-19(18)27)14-23-21(26-10-5-2-6-11-26)25-17-7-3-1-4-8-17;/h1,3-4,7-8,15-16H,2,5-6,9-14H2,(H2,22,28)(H,23,25);1H. The highest BCUT2D eigenvalue weighted by Crippen LogP contribution is 2.23. The van der Waals surface area contributed by atoms with E-state index in [2.05, 4.69) is 27.4 Å². The largest absolute Gasteiger partial charge is 0.365 e. The van der Waals surface area contributed by atoms with E-state index in [4.69, 9.17) is 10.7 Å². The number of amides is 1. The summed E-state index contributed by atoms with van der Waals surface area (Å²) in [6.07, 6.45) is 7.10. The molecule has 0 saturated carbocycles. The van der Waals surface area contributed by atoms with Gasteiger partial charge in [-0.25, -0.2) is 0 Å². The lowest BCUT2D eigenvalue weighted by molar-refractivity contribution is 0.0998. The molecule has 2 aliphatic heterocycles. The number of fused-ring (bicyclic) bond motifs is 1. The Bertz CT molecular complexity index is 844. The average Bonchev–Trinajstić information content (AvgIpc) is 3.16. The monoisotopic (exact) mass is 508 g/mol. The zero-order valence-corrected chi connectivity index (χ0v) is 18.9. The number of nitrogens with one attached hydrogen (secondary N) is 1. The average molecular weight is 508 g/mol. The number of primary amides is 1. The summed E-state index contributed by atoms with van der Waals surface area (Å²) in [7, 11) is 0. The molecule has 2 aliphatic rings. The summed E-state index contributed by atoms with van der Waals surface area (Å²) < 4.78 is 1.91. The maximum atomic E-state index is 11.6. The number of benzene rings is 1. The smallest absolute Gasteiger partial charge is 0.252 e. The van der Waals surface area contributed by atoms with E-state index in [0.717, 1.165) is 56.4 Å². The second-order valence-electron chi connectivity index (χ2n) is 7.65. The van der Waals surface area contributed by atoms with E-state index in [9.17, 15) is 4.79 Å². The Labute approximate surface area is 188 Å². The third-order valence-electron chi connectivity index (χ3n) is 5.63. The third-order valence-corrected chi connectivity index (χ3v) is 5.63. The van der Waals surface area contributed by atoms with Crippen molar-refractivity contribution in [3.8, 4) is 0 Å². The molecule has 0 bridgehead atoms. The SMILES string of the molecule is I.NC(=O)c1cnn2c1CC(CN=C(Nc1ccccc1)N1CCCCC1)CC2. The number of aryl methyl sites for hydroxylation is 1. The number of aliphatic imine (C=N–C) groups is 1. The van der Waals surface area contributed by atoms with Gasteiger partial charge in [-0.3, -0.25) is 14.5 Å². The highest BCUT2D eigenvalue weighted by molar-refractivity contribution is 14.0. The summed E-state index contributed by atoms with van der Waals surface area (Å²) in [5.74, 6) is 0.949. The number of hydrogen-bond acceptors (Lipinski definition) is 3. The van der Waals surface area contributed by atoms with E-state index in [1.54, 1.807) is 6.20 Å². The molecular formula is C21H29IN6O. The molecular weight excluding hydrogens is 479 g/mol. The number of guanidine groups is 1. The van der Waals surface area contributed by atoms with E-state index < -0.39 is 5.91 Å². The summed E-state index contributed by atoms with van der Waals surface area (Å²) in [6, 6.07) is 10.2. The summed E-state index contributed by atoms with van der Waals surface area (Å²) in [5, 5.41) is 7.81. The lowest BCUT2D eigenvalue weighted by Crippen LogP contribution is -2.40. The van der Waals surface area contributed by atoms with Crippen LogP contribution in [-0.4, -0.2) is 46.2 Å². The first-order valence-electron chi connectivity index (χ1n) is 10.2. The molecule has 0 radical (unpaired) electrons. The van der Waals surface area contributed by atoms with Crippen molar-refractivity contribution < 1.29 is 4.79 Å². The van der Waals surface area contributed by atoms with Gasteiger partial charge in [-0.15, -0.1) is 24.0 Å². The van der Waals surface area contributed by atoms with Crippen molar-refractivity contribution in [1.82, 2.24) is 14.7 Å². The first kappa shape index (κ1) is 21.6. The predicted molar refractivity (Wildman–Crippen MR) is 126 cm³/mol. The zero-order valence-electron chi connectivity index (χ0n) is 16.6. The van der Waals surface area contributed by atoms with Gasteiger partial charge in [0.25, 0.3) is 5.91 Å². The molecule has 29 heavy (non-hydrogen) atoms. The van der Waals surface area contributed by atoms with Crippen LogP contribution in [0.3, 0.4) is 0 Å². The minimum Gasteiger partial charge on any atom is -0.365 e. The van der Waals surface area contributed by atoms with Gasteiger partial charge in [0.1, 0.15) is 0 Å². The van der Waals surface area contributed by atoms with Crippen molar-refractivity contribution in [2.45, 2.75) is 38.6 Å². The fraction of sp³-hybridized carbons (Fsp3) is 0.476. The van der Waals surface area contributed by atoms with Crippen molar-refractivity contribution in [2.24, 2.45) is 16.6 Å². The summed E-state index contributed by atoms with van der Waals surface area (Å²) >= 11 is 0. The molecule has 1 aromatic carbocycles. The van der Waals surface area contributed by atoms with Crippen molar-refractivity contribution in [3.05, 3.63) is 47.8 Å². The van der Waals surface area contributed by atoms with Gasteiger partial charge in [-0.2, -0.15) is 5.10 Å². The Balaban J connectivity index is 0.00000240. The third kappa shape index (κ3) is 5.29. The Morgan fingerprint density at radius 3 is 2.66 bits per heavy atom.